The van der Waals surface area contributed by atoms with Crippen LogP contribution in [-0.4, -0.2) is 18.5 Å². The Morgan fingerprint density at radius 1 is 1.12 bits per heavy atom. The summed E-state index contributed by atoms with van der Waals surface area (Å²) in [6, 6.07) is 14.2. The van der Waals surface area contributed by atoms with E-state index in [1.54, 1.807) is 18.2 Å². The van der Waals surface area contributed by atoms with E-state index in [4.69, 9.17) is 16.3 Å². The van der Waals surface area contributed by atoms with E-state index in [-0.39, 0.29) is 18.6 Å². The number of esters is 1. The Morgan fingerprint density at radius 3 is 2.42 bits per heavy atom. The van der Waals surface area contributed by atoms with Crippen molar-refractivity contribution in [2.45, 2.75) is 26.3 Å². The third-order valence-corrected chi connectivity index (χ3v) is 4.03. The van der Waals surface area contributed by atoms with Gasteiger partial charge in [0.1, 0.15) is 0 Å². The molecule has 0 saturated heterocycles. The van der Waals surface area contributed by atoms with Crippen LogP contribution in [0.25, 0.3) is 0 Å². The predicted molar refractivity (Wildman–Crippen MR) is 94.1 cm³/mol. The number of rotatable bonds is 6. The lowest BCUT2D eigenvalue weighted by Gasteiger charge is -2.15. The van der Waals surface area contributed by atoms with Crippen molar-refractivity contribution in [3.05, 3.63) is 70.2 Å². The number of hydrogen-bond acceptors (Lipinski definition) is 3. The third-order valence-electron chi connectivity index (χ3n) is 3.68. The fourth-order valence-electron chi connectivity index (χ4n) is 2.28. The van der Waals surface area contributed by atoms with Gasteiger partial charge >= 0.3 is 5.97 Å². The molecule has 0 fully saturated rings. The Labute approximate surface area is 146 Å². The first-order chi connectivity index (χ1) is 11.5. The van der Waals surface area contributed by atoms with Crippen LogP contribution in [0.5, 0.6) is 0 Å². The summed E-state index contributed by atoms with van der Waals surface area (Å²) in [6.45, 7) is 3.53. The number of hydrogen-bond donors (Lipinski definition) is 1. The number of amides is 1. The molecule has 2 aromatic carbocycles. The summed E-state index contributed by atoms with van der Waals surface area (Å²) in [5.74, 6) is -0.890. The van der Waals surface area contributed by atoms with E-state index in [1.165, 1.54) is 0 Å². The first kappa shape index (κ1) is 18.0. The molecule has 0 radical (unpaired) electrons. The predicted octanol–water partition coefficient (Wildman–Crippen LogP) is 3.94. The molecule has 1 N–H and O–H groups in total. The molecule has 2 rings (SSSR count). The molecule has 0 aliphatic rings. The van der Waals surface area contributed by atoms with Crippen molar-refractivity contribution in [3.63, 3.8) is 0 Å². The SMILES string of the molecule is CCc1ccc(C(=O)OCC(=O)N[C@H](C)c2ccccc2Cl)cc1. The second-order valence-electron chi connectivity index (χ2n) is 5.44. The van der Waals surface area contributed by atoms with Crippen LogP contribution in [0.3, 0.4) is 0 Å². The van der Waals surface area contributed by atoms with Gasteiger partial charge in [0.15, 0.2) is 6.61 Å². The van der Waals surface area contributed by atoms with Gasteiger partial charge in [0.25, 0.3) is 5.91 Å². The Kier molecular flexibility index (Phi) is 6.38. The zero-order chi connectivity index (χ0) is 17.5. The average molecular weight is 346 g/mol. The Hall–Kier alpha value is -2.33. The Balaban J connectivity index is 1.86. The van der Waals surface area contributed by atoms with E-state index in [2.05, 4.69) is 5.32 Å². The normalized spacial score (nSPS) is 11.6. The van der Waals surface area contributed by atoms with Crippen LogP contribution < -0.4 is 5.32 Å². The number of halogens is 1. The standard InChI is InChI=1S/C19H20ClNO3/c1-3-14-8-10-15(11-9-14)19(23)24-12-18(22)21-13(2)16-6-4-5-7-17(16)20/h4-11,13H,3,12H2,1-2H3,(H,21,22)/t13-/m1/s1. The van der Waals surface area contributed by atoms with Crippen LogP contribution in [0.4, 0.5) is 0 Å². The molecular formula is C19H20ClNO3. The molecular weight excluding hydrogens is 326 g/mol. The van der Waals surface area contributed by atoms with Gasteiger partial charge in [-0.1, -0.05) is 48.9 Å². The highest BCUT2D eigenvalue weighted by Crippen LogP contribution is 2.21. The van der Waals surface area contributed by atoms with Crippen molar-refractivity contribution in [2.75, 3.05) is 6.61 Å². The van der Waals surface area contributed by atoms with Crippen molar-refractivity contribution in [1.29, 1.82) is 0 Å². The molecule has 0 spiro atoms. The maximum Gasteiger partial charge on any atom is 0.338 e. The van der Waals surface area contributed by atoms with Gasteiger partial charge in [0.2, 0.25) is 0 Å². The number of carbonyl (C=O) groups is 2. The average Bonchev–Trinajstić information content (AvgIpc) is 2.60. The van der Waals surface area contributed by atoms with E-state index in [1.807, 2.05) is 44.2 Å². The van der Waals surface area contributed by atoms with Crippen molar-refractivity contribution in [1.82, 2.24) is 5.32 Å². The number of aryl methyl sites for hydroxylation is 1. The fraction of sp³-hybridized carbons (Fsp3) is 0.263. The van der Waals surface area contributed by atoms with E-state index >= 15 is 0 Å². The van der Waals surface area contributed by atoms with Gasteiger partial charge in [-0.15, -0.1) is 0 Å². The maximum absolute atomic E-state index is 11.9. The van der Waals surface area contributed by atoms with Gasteiger partial charge < -0.3 is 10.1 Å². The number of benzene rings is 2. The zero-order valence-electron chi connectivity index (χ0n) is 13.7. The van der Waals surface area contributed by atoms with Gasteiger partial charge in [0.05, 0.1) is 11.6 Å². The molecule has 0 aliphatic carbocycles. The molecule has 1 atom stereocenters. The van der Waals surface area contributed by atoms with Crippen molar-refractivity contribution >= 4 is 23.5 Å². The highest BCUT2D eigenvalue weighted by Gasteiger charge is 2.14. The van der Waals surface area contributed by atoms with E-state index in [9.17, 15) is 9.59 Å². The summed E-state index contributed by atoms with van der Waals surface area (Å²) in [7, 11) is 0. The van der Waals surface area contributed by atoms with Crippen molar-refractivity contribution < 1.29 is 14.3 Å². The van der Waals surface area contributed by atoms with Gasteiger partial charge in [-0.25, -0.2) is 4.79 Å². The summed E-state index contributed by atoms with van der Waals surface area (Å²) < 4.78 is 5.05. The first-order valence-electron chi connectivity index (χ1n) is 7.81. The summed E-state index contributed by atoms with van der Waals surface area (Å²) in [5, 5.41) is 3.34. The number of carbonyl (C=O) groups excluding carboxylic acids is 2. The molecule has 0 bridgehead atoms. The molecule has 0 heterocycles. The van der Waals surface area contributed by atoms with E-state index in [0.717, 1.165) is 17.5 Å². The summed E-state index contributed by atoms with van der Waals surface area (Å²) in [4.78, 5) is 23.9. The van der Waals surface area contributed by atoms with Crippen LogP contribution in [0.2, 0.25) is 5.02 Å². The maximum atomic E-state index is 11.9. The van der Waals surface area contributed by atoms with Crippen LogP contribution in [0.1, 0.15) is 41.4 Å². The minimum Gasteiger partial charge on any atom is -0.452 e. The van der Waals surface area contributed by atoms with Gasteiger partial charge in [0, 0.05) is 5.02 Å². The number of ether oxygens (including phenoxy) is 1. The topological polar surface area (TPSA) is 55.4 Å². The molecule has 0 aliphatic heterocycles. The van der Waals surface area contributed by atoms with Crippen LogP contribution in [-0.2, 0) is 16.0 Å². The second-order valence-corrected chi connectivity index (χ2v) is 5.84. The minimum atomic E-state index is -0.516. The fourth-order valence-corrected chi connectivity index (χ4v) is 2.58. The molecule has 24 heavy (non-hydrogen) atoms. The van der Waals surface area contributed by atoms with Gasteiger partial charge in [-0.3, -0.25) is 4.79 Å². The van der Waals surface area contributed by atoms with Crippen molar-refractivity contribution in [2.24, 2.45) is 0 Å². The highest BCUT2D eigenvalue weighted by molar-refractivity contribution is 6.31. The van der Waals surface area contributed by atoms with Crippen LogP contribution in [0.15, 0.2) is 48.5 Å². The molecule has 5 heteroatoms. The van der Waals surface area contributed by atoms with E-state index in [0.29, 0.717) is 10.6 Å². The zero-order valence-corrected chi connectivity index (χ0v) is 14.5. The summed E-state index contributed by atoms with van der Waals surface area (Å²) in [5.41, 5.74) is 2.38. The molecule has 1 amide bonds. The molecule has 0 unspecified atom stereocenters. The highest BCUT2D eigenvalue weighted by atomic mass is 35.5. The van der Waals surface area contributed by atoms with Crippen molar-refractivity contribution in [3.8, 4) is 0 Å². The molecule has 4 nitrogen and oxygen atoms in total. The quantitative estimate of drug-likeness (QED) is 0.807. The number of nitrogens with one attached hydrogen (secondary N) is 1. The Bertz CT molecular complexity index is 713. The lowest BCUT2D eigenvalue weighted by molar-refractivity contribution is -0.124. The first-order valence-corrected chi connectivity index (χ1v) is 8.19. The third kappa shape index (κ3) is 4.83. The lowest BCUT2D eigenvalue weighted by Crippen LogP contribution is -2.31. The summed E-state index contributed by atoms with van der Waals surface area (Å²) in [6.07, 6.45) is 0.900. The van der Waals surface area contributed by atoms with E-state index < -0.39 is 5.97 Å². The molecule has 0 aromatic heterocycles. The second kappa shape index (κ2) is 8.50. The van der Waals surface area contributed by atoms with Gasteiger partial charge in [-0.2, -0.15) is 0 Å². The largest absolute Gasteiger partial charge is 0.452 e. The molecule has 126 valence electrons. The smallest absolute Gasteiger partial charge is 0.338 e. The minimum absolute atomic E-state index is 0.270. The lowest BCUT2D eigenvalue weighted by atomic mass is 10.1. The molecule has 0 saturated carbocycles. The van der Waals surface area contributed by atoms with Gasteiger partial charge in [-0.05, 0) is 42.7 Å². The monoisotopic (exact) mass is 345 g/mol. The Morgan fingerprint density at radius 2 is 1.79 bits per heavy atom. The van der Waals surface area contributed by atoms with Crippen LogP contribution in [0, 0.1) is 0 Å². The molecule has 2 aromatic rings. The summed E-state index contributed by atoms with van der Waals surface area (Å²) >= 11 is 6.10. The van der Waals surface area contributed by atoms with Crippen LogP contribution >= 0.6 is 11.6 Å².